The molecule has 0 saturated carbocycles. The molecule has 15 rings (SSSR count). The predicted octanol–water partition coefficient (Wildman–Crippen LogP) is 6.90. The van der Waals surface area contributed by atoms with Gasteiger partial charge in [-0.25, -0.2) is 9.36 Å². The van der Waals surface area contributed by atoms with Gasteiger partial charge in [0.2, 0.25) is 31.9 Å². The molecule has 0 spiro atoms. The smallest absolute Gasteiger partial charge is 0.310 e. The zero-order chi connectivity index (χ0) is 63.6. The summed E-state index contributed by atoms with van der Waals surface area (Å²) < 4.78 is 87.1. The number of aromatic nitrogens is 6. The number of benzene rings is 6. The molecule has 2 fully saturated rings. The second-order valence-corrected chi connectivity index (χ2v) is 22.4. The topological polar surface area (TPSA) is 292 Å². The Labute approximate surface area is 524 Å². The lowest BCUT2D eigenvalue weighted by Crippen LogP contribution is -2.43. The molecule has 2 N–H and O–H groups in total. The molecule has 2 aliphatic carbocycles. The molecule has 8 atom stereocenters. The summed E-state index contributed by atoms with van der Waals surface area (Å²) in [4.78, 5) is 54.5. The SMILES string of the molecule is COc1cc([C@@H]2c3cc4c(cc3[C@@H](NC(=O)c3cn(-c5ccc6c(c5)OCO6)nn3)[C@H]3COC(=O)[C@H]23)OCO4)cc(OC)c1OC.COc1ccc(-n2cc(C(=O)N[C@@H]3c4cc5c(cc4[C@@H](c4cc(OC)c(OC)c(OC)c4)[C@H]4C(=O)OC[C@@H]43)OCO5)nn2)cc1C. The van der Waals surface area contributed by atoms with Crippen molar-refractivity contribution in [3.63, 3.8) is 0 Å². The van der Waals surface area contributed by atoms with Crippen molar-refractivity contribution in [2.24, 2.45) is 23.7 Å². The third-order valence-electron chi connectivity index (χ3n) is 17.8. The Balaban J connectivity index is 0.000000160. The Morgan fingerprint density at radius 3 is 1.23 bits per heavy atom. The minimum absolute atomic E-state index is 0.0575. The zero-order valence-electron chi connectivity index (χ0n) is 50.8. The van der Waals surface area contributed by atoms with Crippen molar-refractivity contribution in [1.82, 2.24) is 40.6 Å². The van der Waals surface area contributed by atoms with Gasteiger partial charge >= 0.3 is 11.9 Å². The first-order valence-corrected chi connectivity index (χ1v) is 29.1. The van der Waals surface area contributed by atoms with Crippen LogP contribution in [-0.4, -0.2) is 137 Å². The summed E-state index contributed by atoms with van der Waals surface area (Å²) in [5, 5.41) is 22.9. The number of methoxy groups -OCH3 is 7. The molecule has 0 bridgehead atoms. The number of carbonyl (C=O) groups is 4. The number of nitrogens with zero attached hydrogens (tertiary/aromatic N) is 6. The van der Waals surface area contributed by atoms with E-state index in [1.807, 2.05) is 73.7 Å². The van der Waals surface area contributed by atoms with Crippen LogP contribution in [0.5, 0.6) is 74.7 Å². The maximum atomic E-state index is 13.8. The van der Waals surface area contributed by atoms with E-state index in [0.29, 0.717) is 74.7 Å². The fourth-order valence-electron chi connectivity index (χ4n) is 13.5. The van der Waals surface area contributed by atoms with Crippen LogP contribution in [-0.2, 0) is 19.1 Å². The van der Waals surface area contributed by atoms with Gasteiger partial charge < -0.3 is 81.7 Å². The molecular formula is C65H60N8O19. The Hall–Kier alpha value is -11.1. The largest absolute Gasteiger partial charge is 0.496 e. The van der Waals surface area contributed by atoms with Crippen molar-refractivity contribution in [3.05, 3.63) is 148 Å². The molecule has 474 valence electrons. The van der Waals surface area contributed by atoms with Gasteiger partial charge in [0.15, 0.2) is 68.9 Å². The number of cyclic esters (lactones) is 2. The summed E-state index contributed by atoms with van der Waals surface area (Å²) in [6.07, 6.45) is 3.09. The van der Waals surface area contributed by atoms with Crippen molar-refractivity contribution in [3.8, 4) is 86.1 Å². The van der Waals surface area contributed by atoms with Gasteiger partial charge in [-0.2, -0.15) is 0 Å². The second kappa shape index (κ2) is 23.7. The number of amides is 2. The highest BCUT2D eigenvalue weighted by atomic mass is 16.7. The first-order chi connectivity index (χ1) is 44.8. The lowest BCUT2D eigenvalue weighted by atomic mass is 9.65. The minimum atomic E-state index is -0.648. The Bertz CT molecular complexity index is 4230. The summed E-state index contributed by atoms with van der Waals surface area (Å²) in [5.74, 6) is 2.04. The van der Waals surface area contributed by atoms with Crippen molar-refractivity contribution < 1.29 is 90.2 Å². The quantitative estimate of drug-likeness (QED) is 0.0986. The van der Waals surface area contributed by atoms with Gasteiger partial charge in [0.1, 0.15) is 5.75 Å². The van der Waals surface area contributed by atoms with Gasteiger partial charge in [-0.1, -0.05) is 10.4 Å². The van der Waals surface area contributed by atoms with Crippen molar-refractivity contribution in [1.29, 1.82) is 0 Å². The van der Waals surface area contributed by atoms with Crippen LogP contribution in [0.15, 0.2) is 97.3 Å². The molecule has 2 saturated heterocycles. The predicted molar refractivity (Wildman–Crippen MR) is 317 cm³/mol. The first kappa shape index (κ1) is 58.6. The van der Waals surface area contributed by atoms with Crippen LogP contribution in [0.4, 0.5) is 0 Å². The summed E-state index contributed by atoms with van der Waals surface area (Å²) in [5.41, 5.74) is 7.09. The number of nitrogens with one attached hydrogen (secondary N) is 2. The van der Waals surface area contributed by atoms with Crippen molar-refractivity contribution in [2.75, 3.05) is 83.4 Å². The fraction of sp³-hybridized carbons (Fsp3) is 0.323. The standard InChI is InChI=1S/C33H32N4O9.C32H28N4O10/c1-16-8-18(6-7-23(16)40-2)37-13-22(35-36-37)32(38)34-30-20-12-25-24(45-15-46-25)11-19(20)28(29-21(30)14-44-33(29)39)17-9-26(41-3)31(43-5)27(10-17)42-4;1-39-25-6-15(7-26(40-2)30(25)41-3)27-17-9-23-24(46-14-45-23)10-18(17)29(19-12-42-32(38)28(19)27)33-31(37)20-11-36(35-34-20)16-4-5-21-22(8-16)44-13-43-21/h6-13,21,28-30H,14-15H2,1-5H3,(H,34,38);4-11,19,27-29H,12-14H2,1-3H3,(H,33,37)/t21-,28+,29-,30+;19-,27+,28-,29+/m00/s1. The average molecular weight is 1260 g/mol. The van der Waals surface area contributed by atoms with E-state index in [4.69, 9.17) is 71.1 Å². The molecule has 92 heavy (non-hydrogen) atoms. The van der Waals surface area contributed by atoms with E-state index in [2.05, 4.69) is 31.3 Å². The van der Waals surface area contributed by atoms with Gasteiger partial charge in [0.05, 0.1) is 111 Å². The van der Waals surface area contributed by atoms with E-state index in [1.165, 1.54) is 58.2 Å². The molecule has 2 amide bonds. The molecule has 27 nitrogen and oxygen atoms in total. The number of esters is 2. The Morgan fingerprint density at radius 2 is 0.826 bits per heavy atom. The maximum absolute atomic E-state index is 13.8. The molecule has 0 unspecified atom stereocenters. The minimum Gasteiger partial charge on any atom is -0.496 e. The highest BCUT2D eigenvalue weighted by molar-refractivity contribution is 5.93. The monoisotopic (exact) mass is 1260 g/mol. The molecule has 5 aliphatic heterocycles. The highest BCUT2D eigenvalue weighted by Gasteiger charge is 2.55. The number of rotatable bonds is 15. The summed E-state index contributed by atoms with van der Waals surface area (Å²) in [7, 11) is 10.8. The highest BCUT2D eigenvalue weighted by Crippen LogP contribution is 2.58. The van der Waals surface area contributed by atoms with E-state index in [0.717, 1.165) is 50.4 Å². The molecule has 7 heterocycles. The van der Waals surface area contributed by atoms with Crippen LogP contribution in [0, 0.1) is 30.6 Å². The van der Waals surface area contributed by atoms with Gasteiger partial charge in [0, 0.05) is 29.7 Å². The van der Waals surface area contributed by atoms with Gasteiger partial charge in [-0.05, 0) is 125 Å². The van der Waals surface area contributed by atoms with Crippen LogP contribution in [0.1, 0.15) is 83.8 Å². The van der Waals surface area contributed by atoms with E-state index < -0.39 is 59.4 Å². The number of carbonyl (C=O) groups excluding carboxylic acids is 4. The molecule has 8 aromatic rings. The van der Waals surface area contributed by atoms with Crippen molar-refractivity contribution >= 4 is 23.8 Å². The third-order valence-corrected chi connectivity index (χ3v) is 17.8. The number of ether oxygens (including phenoxy) is 15. The maximum Gasteiger partial charge on any atom is 0.310 e. The van der Waals surface area contributed by atoms with Gasteiger partial charge in [-0.3, -0.25) is 19.2 Å². The molecule has 27 heteroatoms. The molecule has 7 aliphatic rings. The van der Waals surface area contributed by atoms with Gasteiger partial charge in [0.25, 0.3) is 11.8 Å². The van der Waals surface area contributed by atoms with E-state index in [9.17, 15) is 19.2 Å². The van der Waals surface area contributed by atoms with Crippen LogP contribution in [0.25, 0.3) is 11.4 Å². The fourth-order valence-corrected chi connectivity index (χ4v) is 13.5. The summed E-state index contributed by atoms with van der Waals surface area (Å²) >= 11 is 0. The zero-order valence-corrected chi connectivity index (χ0v) is 50.8. The molecule has 2 aromatic heterocycles. The number of hydrogen-bond acceptors (Lipinski definition) is 23. The summed E-state index contributed by atoms with van der Waals surface area (Å²) in [6, 6.07) is 24.4. The van der Waals surface area contributed by atoms with Crippen LogP contribution < -0.4 is 72.2 Å². The van der Waals surface area contributed by atoms with Crippen LogP contribution >= 0.6 is 0 Å². The average Bonchev–Trinajstić information content (AvgIpc) is 1.41. The lowest BCUT2D eigenvalue weighted by Gasteiger charge is -2.39. The van der Waals surface area contributed by atoms with E-state index in [1.54, 1.807) is 31.5 Å². The first-order valence-electron chi connectivity index (χ1n) is 29.1. The van der Waals surface area contributed by atoms with E-state index in [-0.39, 0.29) is 56.9 Å². The number of hydrogen-bond donors (Lipinski definition) is 2. The number of aryl methyl sites for hydroxylation is 1. The lowest BCUT2D eigenvalue weighted by molar-refractivity contribution is -0.142. The molecule has 6 aromatic carbocycles. The van der Waals surface area contributed by atoms with Crippen LogP contribution in [0.2, 0.25) is 0 Å². The van der Waals surface area contributed by atoms with E-state index >= 15 is 0 Å². The number of fused-ring (bicyclic) bond motifs is 7. The normalized spacial score (nSPS) is 21.2. The molecule has 0 radical (unpaired) electrons. The van der Waals surface area contributed by atoms with Crippen molar-refractivity contribution in [2.45, 2.75) is 30.8 Å². The van der Waals surface area contributed by atoms with Gasteiger partial charge in [-0.15, -0.1) is 10.2 Å². The third kappa shape index (κ3) is 9.99. The summed E-state index contributed by atoms with van der Waals surface area (Å²) in [6.45, 7) is 2.40. The Kier molecular flexibility index (Phi) is 15.1. The second-order valence-electron chi connectivity index (χ2n) is 22.4. The molecular weight excluding hydrogens is 1200 g/mol. The Morgan fingerprint density at radius 1 is 0.446 bits per heavy atom. The van der Waals surface area contributed by atoms with Crippen LogP contribution in [0.3, 0.4) is 0 Å².